The summed E-state index contributed by atoms with van der Waals surface area (Å²) in [6.45, 7) is 3.33. The lowest BCUT2D eigenvalue weighted by atomic mass is 10.1. The molecule has 0 radical (unpaired) electrons. The van der Waals surface area contributed by atoms with Crippen molar-refractivity contribution in [1.82, 2.24) is 19.4 Å². The minimum atomic E-state index is -0.157. The number of fused-ring (bicyclic) bond motifs is 1. The Labute approximate surface area is 128 Å². The Morgan fingerprint density at radius 2 is 2.05 bits per heavy atom. The van der Waals surface area contributed by atoms with E-state index in [1.807, 2.05) is 6.92 Å². The van der Waals surface area contributed by atoms with Gasteiger partial charge < -0.3 is 9.47 Å². The summed E-state index contributed by atoms with van der Waals surface area (Å²) in [4.78, 5) is 34.5. The van der Waals surface area contributed by atoms with Crippen molar-refractivity contribution < 1.29 is 4.79 Å². The van der Waals surface area contributed by atoms with E-state index in [0.717, 1.165) is 29.8 Å². The quantitative estimate of drug-likeness (QED) is 0.813. The van der Waals surface area contributed by atoms with Crippen LogP contribution < -0.4 is 5.56 Å². The van der Waals surface area contributed by atoms with Crippen LogP contribution in [0.1, 0.15) is 17.0 Å². The van der Waals surface area contributed by atoms with E-state index in [1.165, 1.54) is 10.6 Å². The number of rotatable bonds is 2. The minimum absolute atomic E-state index is 0.0354. The largest absolute Gasteiger partial charge is 0.340 e. The van der Waals surface area contributed by atoms with Gasteiger partial charge >= 0.3 is 0 Å². The average Bonchev–Trinajstić information content (AvgIpc) is 2.73. The number of carbonyl (C=O) groups excluding carboxylic acids is 1. The molecule has 1 aliphatic rings. The molecule has 6 heteroatoms. The van der Waals surface area contributed by atoms with Gasteiger partial charge in [-0.3, -0.25) is 9.59 Å². The molecule has 0 fully saturated rings. The van der Waals surface area contributed by atoms with E-state index in [0.29, 0.717) is 13.1 Å². The highest BCUT2D eigenvalue weighted by Gasteiger charge is 2.20. The van der Waals surface area contributed by atoms with Gasteiger partial charge in [0.2, 0.25) is 5.91 Å². The first-order valence-electron chi connectivity index (χ1n) is 7.38. The summed E-state index contributed by atoms with van der Waals surface area (Å²) < 4.78 is 1.44. The normalized spacial score (nSPS) is 14.3. The molecule has 0 saturated carbocycles. The van der Waals surface area contributed by atoms with Crippen LogP contribution in [0.5, 0.6) is 0 Å². The predicted octanol–water partition coefficient (Wildman–Crippen LogP) is 0.574. The van der Waals surface area contributed by atoms with E-state index in [-0.39, 0.29) is 18.0 Å². The first-order chi connectivity index (χ1) is 10.6. The van der Waals surface area contributed by atoms with Crippen molar-refractivity contribution >= 4 is 5.91 Å². The van der Waals surface area contributed by atoms with Crippen LogP contribution in [0.25, 0.3) is 0 Å². The van der Waals surface area contributed by atoms with E-state index < -0.39 is 0 Å². The van der Waals surface area contributed by atoms with Gasteiger partial charge in [0.1, 0.15) is 12.9 Å². The molecule has 1 amide bonds. The predicted molar refractivity (Wildman–Crippen MR) is 81.5 cm³/mol. The Balaban J connectivity index is 1.72. The number of nitrogens with zero attached hydrogens (tertiary/aromatic N) is 4. The Kier molecular flexibility index (Phi) is 4.00. The highest BCUT2D eigenvalue weighted by Crippen LogP contribution is 2.16. The van der Waals surface area contributed by atoms with E-state index in [1.54, 1.807) is 29.6 Å². The fourth-order valence-electron chi connectivity index (χ4n) is 2.78. The van der Waals surface area contributed by atoms with Gasteiger partial charge in [-0.25, -0.2) is 9.97 Å². The Bertz CT molecular complexity index is 754. The van der Waals surface area contributed by atoms with Gasteiger partial charge in [-0.2, -0.15) is 0 Å². The molecule has 3 heterocycles. The second-order valence-corrected chi connectivity index (χ2v) is 5.43. The van der Waals surface area contributed by atoms with Crippen molar-refractivity contribution in [1.29, 1.82) is 0 Å². The lowest BCUT2D eigenvalue weighted by Gasteiger charge is -2.20. The van der Waals surface area contributed by atoms with Crippen LogP contribution in [0, 0.1) is 6.92 Å². The molecular weight excluding hydrogens is 280 g/mol. The van der Waals surface area contributed by atoms with Gasteiger partial charge in [0, 0.05) is 43.2 Å². The van der Waals surface area contributed by atoms with Crippen LogP contribution in [-0.4, -0.2) is 38.4 Å². The third-order valence-corrected chi connectivity index (χ3v) is 4.06. The summed E-state index contributed by atoms with van der Waals surface area (Å²) in [6.07, 6.45) is 4.71. The molecule has 3 rings (SSSR count). The fraction of sp³-hybridized carbons (Fsp3) is 0.375. The Morgan fingerprint density at radius 3 is 2.86 bits per heavy atom. The molecule has 0 saturated heterocycles. The van der Waals surface area contributed by atoms with Crippen LogP contribution in [0.4, 0.5) is 0 Å². The summed E-state index contributed by atoms with van der Waals surface area (Å²) >= 11 is 0. The number of amides is 1. The molecule has 2 aromatic rings. The monoisotopic (exact) mass is 298 g/mol. The molecule has 6 nitrogen and oxygen atoms in total. The molecule has 0 aliphatic carbocycles. The molecule has 0 bridgehead atoms. The second kappa shape index (κ2) is 6.09. The van der Waals surface area contributed by atoms with E-state index in [9.17, 15) is 9.59 Å². The van der Waals surface area contributed by atoms with Crippen LogP contribution in [0.2, 0.25) is 0 Å². The molecule has 22 heavy (non-hydrogen) atoms. The van der Waals surface area contributed by atoms with Crippen LogP contribution >= 0.6 is 0 Å². The van der Waals surface area contributed by atoms with Crippen LogP contribution in [0.15, 0.2) is 35.5 Å². The lowest BCUT2D eigenvalue weighted by Crippen LogP contribution is -2.37. The van der Waals surface area contributed by atoms with E-state index in [4.69, 9.17) is 0 Å². The topological polar surface area (TPSA) is 68.1 Å². The van der Waals surface area contributed by atoms with Crippen molar-refractivity contribution in [3.8, 4) is 0 Å². The van der Waals surface area contributed by atoms with Gasteiger partial charge in [-0.1, -0.05) is 6.07 Å². The number of carbonyl (C=O) groups is 1. The van der Waals surface area contributed by atoms with Crippen molar-refractivity contribution in [2.24, 2.45) is 0 Å². The SMILES string of the molecule is Cc1ncnc2c1CCN(C(=O)Cn1ccccc1=O)CC2. The minimum Gasteiger partial charge on any atom is -0.340 e. The zero-order valence-corrected chi connectivity index (χ0v) is 12.5. The third kappa shape index (κ3) is 2.90. The number of hydrogen-bond acceptors (Lipinski definition) is 4. The summed E-state index contributed by atoms with van der Waals surface area (Å²) in [5.41, 5.74) is 3.00. The number of pyridine rings is 1. The van der Waals surface area contributed by atoms with Crippen LogP contribution in [-0.2, 0) is 24.2 Å². The van der Waals surface area contributed by atoms with Crippen molar-refractivity contribution in [2.45, 2.75) is 26.3 Å². The van der Waals surface area contributed by atoms with E-state index >= 15 is 0 Å². The maximum Gasteiger partial charge on any atom is 0.250 e. The van der Waals surface area contributed by atoms with Gasteiger partial charge in [-0.15, -0.1) is 0 Å². The smallest absolute Gasteiger partial charge is 0.250 e. The zero-order valence-electron chi connectivity index (χ0n) is 12.5. The van der Waals surface area contributed by atoms with Gasteiger partial charge in [-0.05, 0) is 25.0 Å². The standard InChI is InChI=1S/C16H18N4O2/c1-12-13-5-8-19(9-6-14(13)18-11-17-12)16(22)10-20-7-3-2-4-15(20)21/h2-4,7,11H,5-6,8-10H2,1H3. The molecule has 0 spiro atoms. The Hall–Kier alpha value is -2.50. The number of aryl methyl sites for hydroxylation is 1. The van der Waals surface area contributed by atoms with Crippen molar-refractivity contribution in [2.75, 3.05) is 13.1 Å². The third-order valence-electron chi connectivity index (χ3n) is 4.06. The second-order valence-electron chi connectivity index (χ2n) is 5.43. The number of hydrogen-bond donors (Lipinski definition) is 0. The molecule has 0 N–H and O–H groups in total. The molecule has 114 valence electrons. The maximum atomic E-state index is 12.4. The maximum absolute atomic E-state index is 12.4. The zero-order chi connectivity index (χ0) is 15.5. The fourth-order valence-corrected chi connectivity index (χ4v) is 2.78. The average molecular weight is 298 g/mol. The summed E-state index contributed by atoms with van der Waals surface area (Å²) in [5.74, 6) is -0.0354. The van der Waals surface area contributed by atoms with Gasteiger partial charge in [0.05, 0.1) is 0 Å². The number of aromatic nitrogens is 3. The highest BCUT2D eigenvalue weighted by atomic mass is 16.2. The molecule has 0 atom stereocenters. The molecule has 0 unspecified atom stereocenters. The molecular formula is C16H18N4O2. The van der Waals surface area contributed by atoms with Gasteiger partial charge in [0.15, 0.2) is 0 Å². The highest BCUT2D eigenvalue weighted by molar-refractivity contribution is 5.76. The molecule has 2 aromatic heterocycles. The lowest BCUT2D eigenvalue weighted by molar-refractivity contribution is -0.131. The van der Waals surface area contributed by atoms with Gasteiger partial charge in [0.25, 0.3) is 5.56 Å². The first kappa shape index (κ1) is 14.4. The van der Waals surface area contributed by atoms with E-state index in [2.05, 4.69) is 9.97 Å². The summed E-state index contributed by atoms with van der Waals surface area (Å²) in [5, 5.41) is 0. The first-order valence-corrected chi connectivity index (χ1v) is 7.38. The van der Waals surface area contributed by atoms with Crippen molar-refractivity contribution in [3.05, 3.63) is 58.0 Å². The molecule has 1 aliphatic heterocycles. The summed E-state index contributed by atoms with van der Waals surface area (Å²) in [6, 6.07) is 4.89. The summed E-state index contributed by atoms with van der Waals surface area (Å²) in [7, 11) is 0. The van der Waals surface area contributed by atoms with Crippen LogP contribution in [0.3, 0.4) is 0 Å². The molecule has 0 aromatic carbocycles. The van der Waals surface area contributed by atoms with Crippen molar-refractivity contribution in [3.63, 3.8) is 0 Å². The Morgan fingerprint density at radius 1 is 1.23 bits per heavy atom.